The number of ether oxygens (including phenoxy) is 1. The molecule has 4 rings (SSSR count). The van der Waals surface area contributed by atoms with Gasteiger partial charge < -0.3 is 4.74 Å². The van der Waals surface area contributed by atoms with Crippen LogP contribution in [0.2, 0.25) is 0 Å². The number of hydrogen-bond acceptors (Lipinski definition) is 4. The maximum Gasteiger partial charge on any atom is 0.306 e. The monoisotopic (exact) mass is 456 g/mol. The van der Waals surface area contributed by atoms with E-state index in [-0.39, 0.29) is 22.6 Å². The molecule has 0 N–H and O–H groups in total. The predicted molar refractivity (Wildman–Crippen MR) is 130 cm³/mol. The quantitative estimate of drug-likeness (QED) is 0.299. The van der Waals surface area contributed by atoms with Crippen LogP contribution in [0.4, 0.5) is 0 Å². The summed E-state index contributed by atoms with van der Waals surface area (Å²) in [5.74, 6) is 1.68. The number of unbranched alkanes of at least 4 members (excludes halogenated alkanes) is 4. The Morgan fingerprint density at radius 1 is 0.970 bits per heavy atom. The van der Waals surface area contributed by atoms with E-state index in [1.807, 2.05) is 6.08 Å². The number of allylic oxidation sites excluding steroid dienone is 1. The zero-order chi connectivity index (χ0) is 23.9. The van der Waals surface area contributed by atoms with E-state index in [1.165, 1.54) is 18.4 Å². The lowest BCUT2D eigenvalue weighted by atomic mass is 9.46. The summed E-state index contributed by atoms with van der Waals surface area (Å²) in [6, 6.07) is 0. The number of esters is 1. The molecule has 0 spiro atoms. The van der Waals surface area contributed by atoms with Gasteiger partial charge >= 0.3 is 5.97 Å². The summed E-state index contributed by atoms with van der Waals surface area (Å²) >= 11 is 0. The SMILES string of the molecule is CCCCCCCC(=O)O[C@]1(C(C)=O)CC[C@H]2[C@@H]3CCC4=CC(=O)CC[C@]4(C)[C@H]3CC[C@@]21C. The van der Waals surface area contributed by atoms with Gasteiger partial charge in [-0.15, -0.1) is 0 Å². The number of rotatable bonds is 8. The van der Waals surface area contributed by atoms with E-state index in [0.717, 1.165) is 57.8 Å². The third-order valence-electron chi connectivity index (χ3n) is 10.4. The first kappa shape index (κ1) is 24.7. The third kappa shape index (κ3) is 4.04. The van der Waals surface area contributed by atoms with Gasteiger partial charge in [0, 0.05) is 18.3 Å². The molecule has 0 aliphatic heterocycles. The molecule has 3 fully saturated rings. The van der Waals surface area contributed by atoms with Crippen molar-refractivity contribution in [3.63, 3.8) is 0 Å². The van der Waals surface area contributed by atoms with Crippen molar-refractivity contribution in [1.29, 1.82) is 0 Å². The number of Topliss-reactive ketones (excluding diaryl/α,β-unsaturated/α-hetero) is 1. The van der Waals surface area contributed by atoms with E-state index < -0.39 is 5.60 Å². The average molecular weight is 457 g/mol. The number of hydrogen-bond donors (Lipinski definition) is 0. The highest BCUT2D eigenvalue weighted by Crippen LogP contribution is 2.68. The zero-order valence-corrected chi connectivity index (χ0v) is 21.3. The van der Waals surface area contributed by atoms with E-state index in [1.54, 1.807) is 6.92 Å². The van der Waals surface area contributed by atoms with Crippen LogP contribution in [0.15, 0.2) is 11.6 Å². The Morgan fingerprint density at radius 2 is 1.70 bits per heavy atom. The summed E-state index contributed by atoms with van der Waals surface area (Å²) in [5.41, 5.74) is 0.256. The molecular formula is C29H44O4. The van der Waals surface area contributed by atoms with Crippen molar-refractivity contribution in [2.45, 2.75) is 123 Å². The van der Waals surface area contributed by atoms with Gasteiger partial charge in [-0.2, -0.15) is 0 Å². The van der Waals surface area contributed by atoms with Crippen molar-refractivity contribution in [3.05, 3.63) is 11.6 Å². The van der Waals surface area contributed by atoms with Crippen LogP contribution >= 0.6 is 0 Å². The summed E-state index contributed by atoms with van der Waals surface area (Å²) in [6.07, 6.45) is 15.2. The standard InChI is InChI=1S/C29H44O4/c1-5-6-7-8-9-10-26(32)33-29(20(2)30)18-15-25-23-12-11-21-19-22(31)13-16-27(21,3)24(23)14-17-28(25,29)4/h19,23-25H,5-18H2,1-4H3/t23-,24+,25+,27+,28+,29+/m1/s1. The van der Waals surface area contributed by atoms with E-state index in [9.17, 15) is 14.4 Å². The summed E-state index contributed by atoms with van der Waals surface area (Å²) in [4.78, 5) is 38.1. The van der Waals surface area contributed by atoms with Gasteiger partial charge in [0.2, 0.25) is 0 Å². The smallest absolute Gasteiger partial charge is 0.306 e. The zero-order valence-electron chi connectivity index (χ0n) is 21.3. The molecule has 0 aromatic rings. The third-order valence-corrected chi connectivity index (χ3v) is 10.4. The lowest BCUT2D eigenvalue weighted by Crippen LogP contribution is -2.58. The topological polar surface area (TPSA) is 60.4 Å². The van der Waals surface area contributed by atoms with Crippen LogP contribution in [0, 0.1) is 28.6 Å². The molecule has 0 saturated heterocycles. The van der Waals surface area contributed by atoms with Gasteiger partial charge in [-0.25, -0.2) is 0 Å². The van der Waals surface area contributed by atoms with Crippen molar-refractivity contribution < 1.29 is 19.1 Å². The Morgan fingerprint density at radius 3 is 2.42 bits per heavy atom. The Labute approximate surface area is 200 Å². The molecule has 4 aliphatic carbocycles. The van der Waals surface area contributed by atoms with Crippen LogP contribution < -0.4 is 0 Å². The molecule has 0 heterocycles. The average Bonchev–Trinajstić information content (AvgIpc) is 3.07. The Hall–Kier alpha value is -1.45. The predicted octanol–water partition coefficient (Wildman–Crippen LogP) is 6.75. The fourth-order valence-electron chi connectivity index (χ4n) is 8.49. The van der Waals surface area contributed by atoms with Crippen molar-refractivity contribution in [3.8, 4) is 0 Å². The Kier molecular flexibility index (Phi) is 6.95. The minimum absolute atomic E-state index is 0.0381. The highest BCUT2D eigenvalue weighted by atomic mass is 16.6. The summed E-state index contributed by atoms with van der Waals surface area (Å²) in [7, 11) is 0. The highest BCUT2D eigenvalue weighted by Gasteiger charge is 2.67. The summed E-state index contributed by atoms with van der Waals surface area (Å²) < 4.78 is 6.22. The molecule has 0 unspecified atom stereocenters. The molecule has 0 amide bonds. The molecule has 33 heavy (non-hydrogen) atoms. The molecule has 184 valence electrons. The molecule has 4 aliphatic rings. The second-order valence-electron chi connectivity index (χ2n) is 12.0. The molecular weight excluding hydrogens is 412 g/mol. The minimum atomic E-state index is -0.956. The van der Waals surface area contributed by atoms with Crippen LogP contribution in [0.3, 0.4) is 0 Å². The first-order valence-corrected chi connectivity index (χ1v) is 13.6. The molecule has 3 saturated carbocycles. The Bertz CT molecular complexity index is 827. The second kappa shape index (κ2) is 9.30. The fourth-order valence-corrected chi connectivity index (χ4v) is 8.49. The molecule has 0 aromatic carbocycles. The molecule has 0 aromatic heterocycles. The number of fused-ring (bicyclic) bond motifs is 5. The van der Waals surface area contributed by atoms with Crippen LogP contribution in [-0.4, -0.2) is 23.1 Å². The van der Waals surface area contributed by atoms with Crippen molar-refractivity contribution in [2.75, 3.05) is 0 Å². The fraction of sp³-hybridized carbons (Fsp3) is 0.828. The number of ketones is 2. The first-order valence-electron chi connectivity index (χ1n) is 13.6. The molecule has 6 atom stereocenters. The van der Waals surface area contributed by atoms with Gasteiger partial charge in [-0.3, -0.25) is 14.4 Å². The van der Waals surface area contributed by atoms with Crippen molar-refractivity contribution >= 4 is 17.5 Å². The van der Waals surface area contributed by atoms with Gasteiger partial charge in [0.25, 0.3) is 0 Å². The van der Waals surface area contributed by atoms with Crippen molar-refractivity contribution in [1.82, 2.24) is 0 Å². The van der Waals surface area contributed by atoms with E-state index >= 15 is 0 Å². The van der Waals surface area contributed by atoms with Crippen LogP contribution in [0.5, 0.6) is 0 Å². The van der Waals surface area contributed by atoms with Gasteiger partial charge in [0.05, 0.1) is 0 Å². The lowest BCUT2D eigenvalue weighted by molar-refractivity contribution is -0.189. The lowest BCUT2D eigenvalue weighted by Gasteiger charge is -2.59. The number of carbonyl (C=O) groups is 3. The van der Waals surface area contributed by atoms with Crippen molar-refractivity contribution in [2.24, 2.45) is 28.6 Å². The van der Waals surface area contributed by atoms with Crippen LogP contribution in [-0.2, 0) is 19.1 Å². The number of carbonyl (C=O) groups excluding carboxylic acids is 3. The summed E-state index contributed by atoms with van der Waals surface area (Å²) in [5, 5.41) is 0. The normalized spacial score (nSPS) is 39.8. The highest BCUT2D eigenvalue weighted by molar-refractivity contribution is 5.91. The largest absolute Gasteiger partial charge is 0.450 e. The van der Waals surface area contributed by atoms with E-state index in [2.05, 4.69) is 20.8 Å². The van der Waals surface area contributed by atoms with Crippen LogP contribution in [0.25, 0.3) is 0 Å². The van der Waals surface area contributed by atoms with Gasteiger partial charge in [-0.05, 0) is 87.5 Å². The van der Waals surface area contributed by atoms with E-state index in [4.69, 9.17) is 4.74 Å². The Balaban J connectivity index is 1.52. The van der Waals surface area contributed by atoms with Gasteiger partial charge in [0.15, 0.2) is 17.2 Å². The molecule has 0 radical (unpaired) electrons. The maximum atomic E-state index is 13.1. The van der Waals surface area contributed by atoms with E-state index in [0.29, 0.717) is 42.8 Å². The molecule has 4 heteroatoms. The van der Waals surface area contributed by atoms with Gasteiger partial charge in [0.1, 0.15) is 0 Å². The second-order valence-corrected chi connectivity index (χ2v) is 12.0. The van der Waals surface area contributed by atoms with Gasteiger partial charge in [-0.1, -0.05) is 52.0 Å². The minimum Gasteiger partial charge on any atom is -0.450 e. The maximum absolute atomic E-state index is 13.1. The summed E-state index contributed by atoms with van der Waals surface area (Å²) in [6.45, 7) is 8.46. The van der Waals surface area contributed by atoms with Crippen LogP contribution in [0.1, 0.15) is 118 Å². The first-order chi connectivity index (χ1) is 15.7. The molecule has 0 bridgehead atoms. The molecule has 4 nitrogen and oxygen atoms in total.